The van der Waals surface area contributed by atoms with E-state index in [1.807, 2.05) is 0 Å². The minimum Gasteiger partial charge on any atom is -0.376 e. The van der Waals surface area contributed by atoms with E-state index in [2.05, 4.69) is 43.4 Å². The fraction of sp³-hybridized carbons (Fsp3) is 0.684. The Morgan fingerprint density at radius 2 is 2.05 bits per heavy atom. The second-order valence-electron chi connectivity index (χ2n) is 6.79. The van der Waals surface area contributed by atoms with Gasteiger partial charge in [-0.1, -0.05) is 44.5 Å². The quantitative estimate of drug-likeness (QED) is 0.836. The second kappa shape index (κ2) is 6.93. The predicted molar refractivity (Wildman–Crippen MR) is 87.6 cm³/mol. The molecule has 0 spiro atoms. The summed E-state index contributed by atoms with van der Waals surface area (Å²) in [4.78, 5) is 0. The highest BCUT2D eigenvalue weighted by atomic mass is 16.5. The van der Waals surface area contributed by atoms with Gasteiger partial charge >= 0.3 is 0 Å². The first-order chi connectivity index (χ1) is 10.3. The van der Waals surface area contributed by atoms with Crippen molar-refractivity contribution in [2.24, 2.45) is 5.92 Å². The lowest BCUT2D eigenvalue weighted by molar-refractivity contribution is 0.0602. The standard InChI is InChI=1S/C19H29NO/c1-3-12-20-18(19-14(2)11-13-21-19)17-10-5-4-9-16(17)15-7-6-8-15/h4-5,9-10,14-15,18-20H,3,6-8,11-13H2,1-2H3. The SMILES string of the molecule is CCCNC(c1ccccc1C1CCC1)C1OCCC1C. The van der Waals surface area contributed by atoms with E-state index in [4.69, 9.17) is 4.74 Å². The van der Waals surface area contributed by atoms with Crippen LogP contribution in [0.25, 0.3) is 0 Å². The molecular weight excluding hydrogens is 258 g/mol. The number of benzene rings is 1. The van der Waals surface area contributed by atoms with Gasteiger partial charge in [0.2, 0.25) is 0 Å². The van der Waals surface area contributed by atoms with Gasteiger partial charge in [-0.2, -0.15) is 0 Å². The summed E-state index contributed by atoms with van der Waals surface area (Å²) >= 11 is 0. The van der Waals surface area contributed by atoms with Crippen molar-refractivity contribution < 1.29 is 4.74 Å². The van der Waals surface area contributed by atoms with E-state index in [-0.39, 0.29) is 0 Å². The van der Waals surface area contributed by atoms with Gasteiger partial charge in [0.05, 0.1) is 12.1 Å². The molecule has 1 aromatic carbocycles. The summed E-state index contributed by atoms with van der Waals surface area (Å²) in [6, 6.07) is 9.43. The molecule has 1 saturated heterocycles. The number of hydrogen-bond acceptors (Lipinski definition) is 2. The maximum atomic E-state index is 6.10. The average Bonchev–Trinajstić information content (AvgIpc) is 2.85. The fourth-order valence-electron chi connectivity index (χ4n) is 3.73. The Morgan fingerprint density at radius 3 is 2.67 bits per heavy atom. The van der Waals surface area contributed by atoms with Crippen LogP contribution in [0, 0.1) is 5.92 Å². The van der Waals surface area contributed by atoms with Gasteiger partial charge in [-0.05, 0) is 55.2 Å². The van der Waals surface area contributed by atoms with Crippen LogP contribution in [0.15, 0.2) is 24.3 Å². The van der Waals surface area contributed by atoms with E-state index >= 15 is 0 Å². The summed E-state index contributed by atoms with van der Waals surface area (Å²) in [6.07, 6.45) is 6.81. The molecule has 1 heterocycles. The van der Waals surface area contributed by atoms with Crippen LogP contribution < -0.4 is 5.32 Å². The lowest BCUT2D eigenvalue weighted by Gasteiger charge is -2.34. The van der Waals surface area contributed by atoms with Gasteiger partial charge in [-0.3, -0.25) is 0 Å². The van der Waals surface area contributed by atoms with E-state index in [9.17, 15) is 0 Å². The Balaban J connectivity index is 1.88. The van der Waals surface area contributed by atoms with Crippen LogP contribution >= 0.6 is 0 Å². The van der Waals surface area contributed by atoms with Crippen molar-refractivity contribution in [3.05, 3.63) is 35.4 Å². The van der Waals surface area contributed by atoms with Crippen LogP contribution in [0.5, 0.6) is 0 Å². The Kier molecular flexibility index (Phi) is 4.97. The average molecular weight is 287 g/mol. The van der Waals surface area contributed by atoms with Crippen LogP contribution in [0.3, 0.4) is 0 Å². The van der Waals surface area contributed by atoms with Crippen molar-refractivity contribution in [3.63, 3.8) is 0 Å². The van der Waals surface area contributed by atoms with E-state index in [0.717, 1.165) is 19.1 Å². The van der Waals surface area contributed by atoms with Crippen molar-refractivity contribution in [3.8, 4) is 0 Å². The molecule has 2 fully saturated rings. The summed E-state index contributed by atoms with van der Waals surface area (Å²) in [6.45, 7) is 6.56. The van der Waals surface area contributed by atoms with E-state index in [0.29, 0.717) is 18.1 Å². The molecule has 1 saturated carbocycles. The molecule has 3 unspecified atom stereocenters. The maximum absolute atomic E-state index is 6.10. The van der Waals surface area contributed by atoms with Crippen molar-refractivity contribution >= 4 is 0 Å². The molecule has 2 aliphatic rings. The largest absolute Gasteiger partial charge is 0.376 e. The summed E-state index contributed by atoms with van der Waals surface area (Å²) in [5, 5.41) is 3.78. The normalized spacial score (nSPS) is 27.5. The summed E-state index contributed by atoms with van der Waals surface area (Å²) in [7, 11) is 0. The number of ether oxygens (including phenoxy) is 1. The fourth-order valence-corrected chi connectivity index (χ4v) is 3.73. The highest BCUT2D eigenvalue weighted by molar-refractivity contribution is 5.35. The van der Waals surface area contributed by atoms with Crippen LogP contribution in [0.4, 0.5) is 0 Å². The predicted octanol–water partition coefficient (Wildman–Crippen LogP) is 4.42. The van der Waals surface area contributed by atoms with Gasteiger partial charge in [0.1, 0.15) is 0 Å². The lowest BCUT2D eigenvalue weighted by atomic mass is 9.76. The number of nitrogens with one attached hydrogen (secondary N) is 1. The topological polar surface area (TPSA) is 21.3 Å². The van der Waals surface area contributed by atoms with Gasteiger partial charge in [0.25, 0.3) is 0 Å². The summed E-state index contributed by atoms with van der Waals surface area (Å²) in [5.74, 6) is 1.43. The minimum absolute atomic E-state index is 0.331. The lowest BCUT2D eigenvalue weighted by Crippen LogP contribution is -2.36. The van der Waals surface area contributed by atoms with Crippen LogP contribution in [0.1, 0.15) is 69.0 Å². The van der Waals surface area contributed by atoms with Gasteiger partial charge < -0.3 is 10.1 Å². The molecule has 1 aromatic rings. The van der Waals surface area contributed by atoms with Gasteiger partial charge in [-0.15, -0.1) is 0 Å². The maximum Gasteiger partial charge on any atom is 0.0796 e. The zero-order valence-electron chi connectivity index (χ0n) is 13.5. The Bertz CT molecular complexity index is 455. The van der Waals surface area contributed by atoms with E-state index in [1.165, 1.54) is 37.7 Å². The highest BCUT2D eigenvalue weighted by Gasteiger charge is 2.35. The molecule has 21 heavy (non-hydrogen) atoms. The summed E-state index contributed by atoms with van der Waals surface area (Å²) in [5.41, 5.74) is 3.06. The molecule has 0 aromatic heterocycles. The van der Waals surface area contributed by atoms with Gasteiger partial charge in [0, 0.05) is 6.61 Å². The van der Waals surface area contributed by atoms with Crippen molar-refractivity contribution in [2.75, 3.05) is 13.2 Å². The van der Waals surface area contributed by atoms with Crippen molar-refractivity contribution in [1.29, 1.82) is 0 Å². The van der Waals surface area contributed by atoms with Gasteiger partial charge in [-0.25, -0.2) is 0 Å². The van der Waals surface area contributed by atoms with Crippen molar-refractivity contribution in [1.82, 2.24) is 5.32 Å². The Hall–Kier alpha value is -0.860. The summed E-state index contributed by atoms with van der Waals surface area (Å²) < 4.78 is 6.10. The zero-order valence-corrected chi connectivity index (χ0v) is 13.5. The minimum atomic E-state index is 0.331. The molecule has 1 aliphatic carbocycles. The van der Waals surface area contributed by atoms with E-state index in [1.54, 1.807) is 5.56 Å². The number of rotatable bonds is 6. The van der Waals surface area contributed by atoms with Crippen LogP contribution in [-0.4, -0.2) is 19.3 Å². The monoisotopic (exact) mass is 287 g/mol. The molecule has 2 heteroatoms. The molecular formula is C19H29NO. The molecule has 0 bridgehead atoms. The molecule has 0 amide bonds. The first-order valence-electron chi connectivity index (χ1n) is 8.75. The number of hydrogen-bond donors (Lipinski definition) is 1. The molecule has 3 atom stereocenters. The first-order valence-corrected chi connectivity index (χ1v) is 8.75. The molecule has 2 nitrogen and oxygen atoms in total. The Labute approximate surface area is 129 Å². The van der Waals surface area contributed by atoms with Crippen LogP contribution in [-0.2, 0) is 4.74 Å². The Morgan fingerprint density at radius 1 is 1.24 bits per heavy atom. The third-order valence-electron chi connectivity index (χ3n) is 5.26. The molecule has 1 N–H and O–H groups in total. The molecule has 116 valence electrons. The second-order valence-corrected chi connectivity index (χ2v) is 6.79. The van der Waals surface area contributed by atoms with Crippen molar-refractivity contribution in [2.45, 2.75) is 64.0 Å². The molecule has 3 rings (SSSR count). The highest BCUT2D eigenvalue weighted by Crippen LogP contribution is 2.41. The third-order valence-corrected chi connectivity index (χ3v) is 5.26. The van der Waals surface area contributed by atoms with E-state index < -0.39 is 0 Å². The van der Waals surface area contributed by atoms with Gasteiger partial charge in [0.15, 0.2) is 0 Å². The molecule has 0 radical (unpaired) electrons. The third kappa shape index (κ3) is 3.17. The zero-order chi connectivity index (χ0) is 14.7. The van der Waals surface area contributed by atoms with Crippen LogP contribution in [0.2, 0.25) is 0 Å². The molecule has 1 aliphatic heterocycles. The smallest absolute Gasteiger partial charge is 0.0796 e. The first kappa shape index (κ1) is 15.1.